The van der Waals surface area contributed by atoms with E-state index in [1.165, 1.54) is 0 Å². The van der Waals surface area contributed by atoms with Crippen molar-refractivity contribution in [2.75, 3.05) is 18.7 Å². The fourth-order valence-corrected chi connectivity index (χ4v) is 4.39. The van der Waals surface area contributed by atoms with E-state index in [0.717, 1.165) is 28.2 Å². The van der Waals surface area contributed by atoms with Crippen LogP contribution in [0.4, 0.5) is 5.69 Å². The lowest BCUT2D eigenvalue weighted by Gasteiger charge is -2.29. The van der Waals surface area contributed by atoms with Crippen LogP contribution in [0.2, 0.25) is 10.0 Å². The first-order valence-electron chi connectivity index (χ1n) is 11.4. The number of anilines is 1. The minimum atomic E-state index is -0.495. The molecule has 0 radical (unpaired) electrons. The summed E-state index contributed by atoms with van der Waals surface area (Å²) in [5.41, 5.74) is 4.15. The van der Waals surface area contributed by atoms with Crippen LogP contribution in [-0.4, -0.2) is 40.1 Å². The Labute approximate surface area is 219 Å². The van der Waals surface area contributed by atoms with Crippen LogP contribution in [0.15, 0.2) is 90.2 Å². The Hall–Kier alpha value is -3.81. The highest BCUT2D eigenvalue weighted by Gasteiger charge is 2.40. The Kier molecular flexibility index (Phi) is 6.67. The Morgan fingerprint density at radius 3 is 2.19 bits per heavy atom. The summed E-state index contributed by atoms with van der Waals surface area (Å²) in [5, 5.41) is 12.6. The number of esters is 1. The second kappa shape index (κ2) is 10.0. The molecular formula is C27H23Cl2N5O2. The highest BCUT2D eigenvalue weighted by molar-refractivity contribution is 6.36. The van der Waals surface area contributed by atoms with Gasteiger partial charge in [-0.15, -0.1) is 5.10 Å². The summed E-state index contributed by atoms with van der Waals surface area (Å²) in [4.78, 5) is 14.6. The van der Waals surface area contributed by atoms with E-state index in [4.69, 9.17) is 33.0 Å². The van der Waals surface area contributed by atoms with Crippen LogP contribution in [0.5, 0.6) is 0 Å². The average Bonchev–Trinajstić information content (AvgIpc) is 3.47. The molecule has 5 rings (SSSR count). The van der Waals surface area contributed by atoms with E-state index >= 15 is 0 Å². The Morgan fingerprint density at radius 1 is 0.917 bits per heavy atom. The minimum Gasteiger partial charge on any atom is -0.460 e. The van der Waals surface area contributed by atoms with Gasteiger partial charge in [-0.2, -0.15) is 5.10 Å². The maximum Gasteiger partial charge on any atom is 0.376 e. The molecule has 1 aliphatic heterocycles. The first kappa shape index (κ1) is 23.9. The number of likely N-dealkylation sites (N-methyl/N-ethyl adjacent to an activating group) is 1. The van der Waals surface area contributed by atoms with Gasteiger partial charge in [0.2, 0.25) is 5.84 Å². The first-order chi connectivity index (χ1) is 17.5. The van der Waals surface area contributed by atoms with Gasteiger partial charge < -0.3 is 9.64 Å². The number of ether oxygens (including phenoxy) is 1. The number of amidine groups is 1. The molecule has 182 valence electrons. The number of hydrogen-bond acceptors (Lipinski definition) is 6. The van der Waals surface area contributed by atoms with Crippen LogP contribution in [0.3, 0.4) is 0 Å². The predicted octanol–water partition coefficient (Wildman–Crippen LogP) is 6.17. The fourth-order valence-electron chi connectivity index (χ4n) is 4.14. The van der Waals surface area contributed by atoms with Gasteiger partial charge >= 0.3 is 5.97 Å². The summed E-state index contributed by atoms with van der Waals surface area (Å²) in [5.74, 6) is -0.295. The zero-order valence-electron chi connectivity index (χ0n) is 19.7. The molecule has 1 unspecified atom stereocenters. The van der Waals surface area contributed by atoms with Gasteiger partial charge in [-0.1, -0.05) is 53.5 Å². The standard InChI is InChI=1S/C27H23Cl2N5O2/c1-3-36-27(35)25-31-34(22-15-13-20(29)14-16-22)26(32(25)2)23-17-33(21-7-5-4-6-8-21)30-24(23)18-9-11-19(28)12-10-18/h4-17,26H,3H2,1-2H3. The molecule has 1 aliphatic rings. The van der Waals surface area contributed by atoms with E-state index in [9.17, 15) is 4.79 Å². The largest absolute Gasteiger partial charge is 0.460 e. The number of aromatic nitrogens is 2. The summed E-state index contributed by atoms with van der Waals surface area (Å²) in [6.07, 6.45) is 1.49. The number of carbonyl (C=O) groups excluding carboxylic acids is 1. The van der Waals surface area contributed by atoms with Crippen molar-refractivity contribution in [1.82, 2.24) is 14.7 Å². The summed E-state index contributed by atoms with van der Waals surface area (Å²) < 4.78 is 7.12. The Morgan fingerprint density at radius 2 is 1.56 bits per heavy atom. The van der Waals surface area contributed by atoms with Crippen LogP contribution in [0, 0.1) is 0 Å². The third kappa shape index (κ3) is 4.55. The smallest absolute Gasteiger partial charge is 0.376 e. The van der Waals surface area contributed by atoms with Crippen molar-refractivity contribution in [2.45, 2.75) is 13.1 Å². The number of rotatable bonds is 6. The van der Waals surface area contributed by atoms with E-state index in [1.54, 1.807) is 29.0 Å². The molecule has 3 aromatic carbocycles. The van der Waals surface area contributed by atoms with Crippen molar-refractivity contribution < 1.29 is 9.53 Å². The summed E-state index contributed by atoms with van der Waals surface area (Å²) in [6.45, 7) is 2.02. The number of hydrazone groups is 1. The number of nitrogens with zero attached hydrogens (tertiary/aromatic N) is 5. The van der Waals surface area contributed by atoms with Crippen LogP contribution < -0.4 is 5.01 Å². The number of benzene rings is 3. The van der Waals surface area contributed by atoms with Crippen molar-refractivity contribution in [3.63, 3.8) is 0 Å². The van der Waals surface area contributed by atoms with Crippen molar-refractivity contribution in [2.24, 2.45) is 5.10 Å². The van der Waals surface area contributed by atoms with E-state index in [1.807, 2.05) is 84.7 Å². The van der Waals surface area contributed by atoms with Crippen molar-refractivity contribution >= 4 is 40.7 Å². The second-order valence-corrected chi connectivity index (χ2v) is 9.04. The van der Waals surface area contributed by atoms with Gasteiger partial charge in [-0.3, -0.25) is 0 Å². The molecule has 0 N–H and O–H groups in total. The third-order valence-electron chi connectivity index (χ3n) is 5.84. The number of halogens is 2. The molecule has 1 atom stereocenters. The van der Waals surface area contributed by atoms with Crippen molar-refractivity contribution in [3.8, 4) is 16.9 Å². The fraction of sp³-hybridized carbons (Fsp3) is 0.148. The zero-order valence-corrected chi connectivity index (χ0v) is 21.2. The highest BCUT2D eigenvalue weighted by atomic mass is 35.5. The molecule has 0 saturated carbocycles. The van der Waals surface area contributed by atoms with Crippen LogP contribution >= 0.6 is 23.2 Å². The molecule has 4 aromatic rings. The number of carbonyl (C=O) groups is 1. The van der Waals surface area contributed by atoms with Gasteiger partial charge in [-0.25, -0.2) is 14.5 Å². The predicted molar refractivity (Wildman–Crippen MR) is 143 cm³/mol. The van der Waals surface area contributed by atoms with Crippen molar-refractivity contribution in [3.05, 3.63) is 101 Å². The Bertz CT molecular complexity index is 1400. The molecule has 9 heteroatoms. The minimum absolute atomic E-state index is 0.200. The monoisotopic (exact) mass is 519 g/mol. The van der Waals surface area contributed by atoms with Gasteiger partial charge in [0, 0.05) is 34.4 Å². The van der Waals surface area contributed by atoms with Gasteiger partial charge in [-0.05, 0) is 55.5 Å². The molecule has 2 heterocycles. The lowest BCUT2D eigenvalue weighted by atomic mass is 10.1. The highest BCUT2D eigenvalue weighted by Crippen LogP contribution is 2.40. The topological polar surface area (TPSA) is 63.0 Å². The molecular weight excluding hydrogens is 497 g/mol. The van der Waals surface area contributed by atoms with Crippen molar-refractivity contribution in [1.29, 1.82) is 0 Å². The number of para-hydroxylation sites is 1. The normalized spacial score (nSPS) is 15.2. The quantitative estimate of drug-likeness (QED) is 0.285. The average molecular weight is 520 g/mol. The SMILES string of the molecule is CCOC(=O)C1=NN(c2ccc(Cl)cc2)C(c2cn(-c3ccccc3)nc2-c2ccc(Cl)cc2)N1C. The lowest BCUT2D eigenvalue weighted by Crippen LogP contribution is -2.36. The van der Waals surface area contributed by atoms with E-state index in [-0.39, 0.29) is 12.4 Å². The van der Waals surface area contributed by atoms with E-state index < -0.39 is 12.1 Å². The zero-order chi connectivity index (χ0) is 25.2. The second-order valence-electron chi connectivity index (χ2n) is 8.17. The molecule has 7 nitrogen and oxygen atoms in total. The van der Waals surface area contributed by atoms with Crippen LogP contribution in [0.1, 0.15) is 18.7 Å². The molecule has 1 aromatic heterocycles. The summed E-state index contributed by atoms with van der Waals surface area (Å²) >= 11 is 12.3. The van der Waals surface area contributed by atoms with Crippen LogP contribution in [0.25, 0.3) is 16.9 Å². The molecule has 0 bridgehead atoms. The molecule has 0 spiro atoms. The molecule has 36 heavy (non-hydrogen) atoms. The molecule has 0 aliphatic carbocycles. The maximum absolute atomic E-state index is 12.8. The summed E-state index contributed by atoms with van der Waals surface area (Å²) in [7, 11) is 1.82. The van der Waals surface area contributed by atoms with E-state index in [0.29, 0.717) is 10.0 Å². The van der Waals surface area contributed by atoms with Crippen LogP contribution in [-0.2, 0) is 9.53 Å². The Balaban J connectivity index is 1.68. The molecule has 0 saturated heterocycles. The maximum atomic E-state index is 12.8. The first-order valence-corrected chi connectivity index (χ1v) is 12.2. The third-order valence-corrected chi connectivity index (χ3v) is 6.35. The summed E-state index contributed by atoms with van der Waals surface area (Å²) in [6, 6.07) is 24.7. The van der Waals surface area contributed by atoms with Gasteiger partial charge in [0.15, 0.2) is 6.17 Å². The van der Waals surface area contributed by atoms with Gasteiger partial charge in [0.05, 0.1) is 23.7 Å². The molecule has 0 fully saturated rings. The van der Waals surface area contributed by atoms with Gasteiger partial charge in [0.25, 0.3) is 0 Å². The van der Waals surface area contributed by atoms with E-state index in [2.05, 4.69) is 5.10 Å². The lowest BCUT2D eigenvalue weighted by molar-refractivity contribution is -0.135. The molecule has 0 amide bonds. The van der Waals surface area contributed by atoms with Gasteiger partial charge in [0.1, 0.15) is 0 Å². The number of hydrogen-bond donors (Lipinski definition) is 0.